The summed E-state index contributed by atoms with van der Waals surface area (Å²) >= 11 is 7.43. The molecule has 1 heterocycles. The Kier molecular flexibility index (Phi) is 7.48. The molecule has 21 heavy (non-hydrogen) atoms. The third kappa shape index (κ3) is 4.35. The standard InChI is InChI=1S/C15H15ClNO2S.Y/c1-10-8-11(19-9-20-3)4-5-12(10)14-7-6-13(16)15(18)17(14)2;/h4-6,8H,9H2,1-3H3;/q-1;. The Morgan fingerprint density at radius 1 is 1.43 bits per heavy atom. The first-order chi connectivity index (χ1) is 9.54. The van der Waals surface area contributed by atoms with Crippen LogP contribution < -0.4 is 10.3 Å². The van der Waals surface area contributed by atoms with Gasteiger partial charge in [0.15, 0.2) is 0 Å². The van der Waals surface area contributed by atoms with Crippen molar-refractivity contribution in [2.24, 2.45) is 7.05 Å². The molecule has 0 aliphatic heterocycles. The Hall–Kier alpha value is -0.286. The van der Waals surface area contributed by atoms with E-state index < -0.39 is 0 Å². The number of rotatable bonds is 4. The molecule has 1 radical (unpaired) electrons. The molecule has 0 amide bonds. The van der Waals surface area contributed by atoms with E-state index in [1.807, 2.05) is 31.4 Å². The van der Waals surface area contributed by atoms with E-state index in [0.717, 1.165) is 16.9 Å². The third-order valence-corrected chi connectivity index (χ3v) is 3.60. The molecular formula is C15H15ClNO2SY-. The van der Waals surface area contributed by atoms with Crippen LogP contribution in [0.25, 0.3) is 11.3 Å². The summed E-state index contributed by atoms with van der Waals surface area (Å²) in [6, 6.07) is 10.3. The van der Waals surface area contributed by atoms with E-state index in [0.29, 0.717) is 11.6 Å². The summed E-state index contributed by atoms with van der Waals surface area (Å²) < 4.78 is 7.07. The van der Waals surface area contributed by atoms with Gasteiger partial charge in [0.1, 0.15) is 11.7 Å². The molecule has 109 valence electrons. The molecule has 1 aromatic carbocycles. The SMILES string of the molecule is CSCOc1ccc(-c2[c-]cc(Cl)c(=O)n2C)c(C)c1.[Y]. The Morgan fingerprint density at radius 3 is 2.76 bits per heavy atom. The monoisotopic (exact) mass is 397 g/mol. The third-order valence-electron chi connectivity index (χ3n) is 2.98. The number of aryl methyl sites for hydroxylation is 1. The maximum Gasteiger partial charge on any atom is 0.212 e. The fraction of sp³-hybridized carbons (Fsp3) is 0.267. The van der Waals surface area contributed by atoms with Gasteiger partial charge in [0.2, 0.25) is 5.56 Å². The quantitative estimate of drug-likeness (QED) is 0.584. The van der Waals surface area contributed by atoms with Gasteiger partial charge in [-0.3, -0.25) is 4.79 Å². The number of halogens is 1. The predicted octanol–water partition coefficient (Wildman–Crippen LogP) is 3.51. The van der Waals surface area contributed by atoms with Crippen molar-refractivity contribution in [3.63, 3.8) is 0 Å². The molecule has 0 aliphatic rings. The number of hydrogen-bond donors (Lipinski definition) is 0. The van der Waals surface area contributed by atoms with Crippen LogP contribution in [0.4, 0.5) is 0 Å². The number of aromatic nitrogens is 1. The summed E-state index contributed by atoms with van der Waals surface area (Å²) in [6.07, 6.45) is 1.99. The maximum atomic E-state index is 11.9. The zero-order valence-electron chi connectivity index (χ0n) is 12.1. The summed E-state index contributed by atoms with van der Waals surface area (Å²) in [4.78, 5) is 11.9. The van der Waals surface area contributed by atoms with Crippen molar-refractivity contribution in [3.8, 4) is 17.0 Å². The van der Waals surface area contributed by atoms with Crippen LogP contribution in [0.5, 0.6) is 5.75 Å². The van der Waals surface area contributed by atoms with E-state index in [4.69, 9.17) is 16.3 Å². The largest absolute Gasteiger partial charge is 0.483 e. The summed E-state index contributed by atoms with van der Waals surface area (Å²) in [5, 5.41) is 0.175. The topological polar surface area (TPSA) is 31.2 Å². The Balaban J connectivity index is 0.00000220. The number of benzene rings is 1. The normalized spacial score (nSPS) is 10.1. The Bertz CT molecular complexity index is 688. The molecule has 2 rings (SSSR count). The van der Waals surface area contributed by atoms with Gasteiger partial charge in [-0.2, -0.15) is 23.7 Å². The number of thioether (sulfide) groups is 1. The minimum atomic E-state index is -0.220. The average Bonchev–Trinajstić information content (AvgIpc) is 2.44. The van der Waals surface area contributed by atoms with Crippen LogP contribution in [-0.4, -0.2) is 16.8 Å². The zero-order valence-corrected chi connectivity index (χ0v) is 16.6. The first-order valence-electron chi connectivity index (χ1n) is 6.04. The van der Waals surface area contributed by atoms with Crippen molar-refractivity contribution in [3.05, 3.63) is 51.3 Å². The number of hydrogen-bond acceptors (Lipinski definition) is 3. The summed E-state index contributed by atoms with van der Waals surface area (Å²) in [6.45, 7) is 1.98. The molecule has 0 saturated carbocycles. The van der Waals surface area contributed by atoms with Gasteiger partial charge >= 0.3 is 0 Å². The first-order valence-corrected chi connectivity index (χ1v) is 7.81. The van der Waals surface area contributed by atoms with Crippen molar-refractivity contribution in [2.75, 3.05) is 12.2 Å². The summed E-state index contributed by atoms with van der Waals surface area (Å²) in [7, 11) is 1.69. The fourth-order valence-corrected chi connectivity index (χ4v) is 2.36. The molecule has 0 saturated heterocycles. The summed E-state index contributed by atoms with van der Waals surface area (Å²) in [5.41, 5.74) is 2.46. The zero-order chi connectivity index (χ0) is 14.7. The molecule has 0 bridgehead atoms. The molecule has 0 atom stereocenters. The van der Waals surface area contributed by atoms with Gasteiger partial charge in [-0.05, 0) is 18.4 Å². The second-order valence-corrected chi connectivity index (χ2v) is 5.60. The van der Waals surface area contributed by atoms with Crippen molar-refractivity contribution < 1.29 is 37.4 Å². The van der Waals surface area contributed by atoms with E-state index >= 15 is 0 Å². The second-order valence-electron chi connectivity index (χ2n) is 4.38. The van der Waals surface area contributed by atoms with Gasteiger partial charge in [0.25, 0.3) is 0 Å². The number of pyridine rings is 1. The van der Waals surface area contributed by atoms with E-state index in [1.165, 1.54) is 10.6 Å². The van der Waals surface area contributed by atoms with Crippen molar-refractivity contribution >= 4 is 23.4 Å². The molecule has 0 aliphatic carbocycles. The second kappa shape index (κ2) is 8.37. The van der Waals surface area contributed by atoms with Crippen LogP contribution >= 0.6 is 23.4 Å². The van der Waals surface area contributed by atoms with Gasteiger partial charge < -0.3 is 9.30 Å². The number of ether oxygens (including phenoxy) is 1. The van der Waals surface area contributed by atoms with Crippen LogP contribution in [0.15, 0.2) is 29.1 Å². The molecule has 1 aromatic heterocycles. The van der Waals surface area contributed by atoms with Crippen molar-refractivity contribution in [1.29, 1.82) is 0 Å². The van der Waals surface area contributed by atoms with Gasteiger partial charge in [-0.1, -0.05) is 23.7 Å². The minimum Gasteiger partial charge on any atom is -0.483 e. The maximum absolute atomic E-state index is 11.9. The predicted molar refractivity (Wildman–Crippen MR) is 84.7 cm³/mol. The van der Waals surface area contributed by atoms with E-state index in [9.17, 15) is 4.79 Å². The first kappa shape index (κ1) is 18.8. The van der Waals surface area contributed by atoms with Gasteiger partial charge in [0, 0.05) is 44.8 Å². The molecule has 0 spiro atoms. The molecule has 3 nitrogen and oxygen atoms in total. The van der Waals surface area contributed by atoms with Crippen LogP contribution in [0.2, 0.25) is 5.02 Å². The Labute approximate surface area is 158 Å². The molecule has 6 heteroatoms. The van der Waals surface area contributed by atoms with E-state index in [1.54, 1.807) is 18.8 Å². The van der Waals surface area contributed by atoms with Crippen LogP contribution in [0.3, 0.4) is 0 Å². The van der Waals surface area contributed by atoms with Crippen molar-refractivity contribution in [2.45, 2.75) is 6.92 Å². The molecular weight excluding hydrogens is 383 g/mol. The van der Waals surface area contributed by atoms with Gasteiger partial charge in [-0.25, -0.2) is 0 Å². The van der Waals surface area contributed by atoms with Crippen LogP contribution in [-0.2, 0) is 39.8 Å². The average molecular weight is 398 g/mol. The molecule has 0 unspecified atom stereocenters. The van der Waals surface area contributed by atoms with E-state index in [2.05, 4.69) is 6.07 Å². The van der Waals surface area contributed by atoms with Crippen LogP contribution in [0, 0.1) is 13.0 Å². The summed E-state index contributed by atoms with van der Waals surface area (Å²) in [5.74, 6) is 1.43. The molecule has 0 N–H and O–H groups in total. The van der Waals surface area contributed by atoms with E-state index in [-0.39, 0.29) is 43.3 Å². The fourth-order valence-electron chi connectivity index (χ4n) is 1.93. The van der Waals surface area contributed by atoms with Crippen LogP contribution in [0.1, 0.15) is 5.56 Å². The molecule has 0 fully saturated rings. The smallest absolute Gasteiger partial charge is 0.212 e. The minimum absolute atomic E-state index is 0. The van der Waals surface area contributed by atoms with Gasteiger partial charge in [-0.15, -0.1) is 17.8 Å². The molecule has 2 aromatic rings. The Morgan fingerprint density at radius 2 is 2.14 bits per heavy atom. The van der Waals surface area contributed by atoms with Crippen molar-refractivity contribution in [1.82, 2.24) is 4.57 Å². The van der Waals surface area contributed by atoms with Gasteiger partial charge in [0.05, 0.1) is 0 Å². The number of nitrogens with zero attached hydrogens (tertiary/aromatic N) is 1.